The van der Waals surface area contributed by atoms with E-state index in [2.05, 4.69) is 42.6 Å². The molecule has 0 fully saturated rings. The molecule has 0 aromatic heterocycles. The molecular formula is C29H33NO3S2. The van der Waals surface area contributed by atoms with E-state index in [4.69, 9.17) is 4.74 Å². The zero-order chi connectivity index (χ0) is 25.2. The van der Waals surface area contributed by atoms with Crippen LogP contribution in [0.1, 0.15) is 39.0 Å². The molecule has 35 heavy (non-hydrogen) atoms. The third-order valence-electron chi connectivity index (χ3n) is 5.82. The highest BCUT2D eigenvalue weighted by atomic mass is 32.2. The van der Waals surface area contributed by atoms with E-state index < -0.39 is 12.0 Å². The Labute approximate surface area is 217 Å². The van der Waals surface area contributed by atoms with E-state index in [1.54, 1.807) is 11.8 Å². The van der Waals surface area contributed by atoms with E-state index in [0.29, 0.717) is 12.0 Å². The fourth-order valence-electron chi connectivity index (χ4n) is 3.81. The number of rotatable bonds is 11. The zero-order valence-electron chi connectivity index (χ0n) is 20.8. The number of thioether (sulfide) groups is 2. The molecule has 0 spiro atoms. The second kappa shape index (κ2) is 13.4. The number of carbonyl (C=O) groups excluding carboxylic acids is 2. The van der Waals surface area contributed by atoms with Gasteiger partial charge in [-0.3, -0.25) is 4.79 Å². The van der Waals surface area contributed by atoms with Gasteiger partial charge in [-0.1, -0.05) is 60.2 Å². The van der Waals surface area contributed by atoms with Crippen molar-refractivity contribution in [1.82, 2.24) is 5.32 Å². The van der Waals surface area contributed by atoms with Crippen molar-refractivity contribution in [3.63, 3.8) is 0 Å². The Morgan fingerprint density at radius 1 is 0.914 bits per heavy atom. The summed E-state index contributed by atoms with van der Waals surface area (Å²) in [6.07, 6.45) is 2.50. The number of esters is 1. The Bertz CT molecular complexity index is 1140. The summed E-state index contributed by atoms with van der Waals surface area (Å²) in [5.41, 5.74) is 7.27. The molecule has 1 atom stereocenters. The van der Waals surface area contributed by atoms with Gasteiger partial charge in [0.15, 0.2) is 0 Å². The SMILES string of the molecule is COC(=O)C(CCSC)NC(=O)c1ccc(CSCc2ccc(C)cc2)cc1-c1ccccc1C. The first kappa shape index (κ1) is 26.9. The average molecular weight is 508 g/mol. The number of ether oxygens (including phenoxy) is 1. The van der Waals surface area contributed by atoms with E-state index in [1.165, 1.54) is 18.2 Å². The minimum absolute atomic E-state index is 0.265. The van der Waals surface area contributed by atoms with Gasteiger partial charge in [-0.05, 0) is 72.2 Å². The first-order valence-corrected chi connectivity index (χ1v) is 14.2. The van der Waals surface area contributed by atoms with Crippen LogP contribution in [0.4, 0.5) is 0 Å². The number of hydrogen-bond acceptors (Lipinski definition) is 5. The molecule has 1 N–H and O–H groups in total. The standard InChI is InChI=1S/C29H33NO3S2/c1-20-9-11-22(12-10-20)18-35-19-23-13-14-25(26(17-23)24-8-6-5-7-21(24)2)28(31)30-27(15-16-34-4)29(32)33-3/h5-14,17,27H,15-16,18-19H2,1-4H3,(H,30,31). The van der Waals surface area contributed by atoms with Crippen LogP contribution >= 0.6 is 23.5 Å². The topological polar surface area (TPSA) is 55.4 Å². The Kier molecular flexibility index (Phi) is 10.3. The zero-order valence-corrected chi connectivity index (χ0v) is 22.4. The van der Waals surface area contributed by atoms with Crippen LogP contribution in [0.25, 0.3) is 11.1 Å². The molecule has 0 heterocycles. The molecule has 1 amide bonds. The third kappa shape index (κ3) is 7.64. The number of aryl methyl sites for hydroxylation is 2. The summed E-state index contributed by atoms with van der Waals surface area (Å²) in [6.45, 7) is 4.14. The van der Waals surface area contributed by atoms with Crippen LogP contribution in [-0.4, -0.2) is 37.0 Å². The average Bonchev–Trinajstić information content (AvgIpc) is 2.87. The van der Waals surface area contributed by atoms with E-state index in [1.807, 2.05) is 61.3 Å². The summed E-state index contributed by atoms with van der Waals surface area (Å²) in [6, 6.07) is 22.0. The Morgan fingerprint density at radius 2 is 1.60 bits per heavy atom. The van der Waals surface area contributed by atoms with E-state index in [9.17, 15) is 9.59 Å². The molecule has 4 nitrogen and oxygen atoms in total. The van der Waals surface area contributed by atoms with Crippen LogP contribution in [0.2, 0.25) is 0 Å². The highest BCUT2D eigenvalue weighted by Gasteiger charge is 2.23. The molecule has 6 heteroatoms. The number of benzene rings is 3. The van der Waals surface area contributed by atoms with Crippen molar-refractivity contribution in [2.75, 3.05) is 19.1 Å². The first-order valence-electron chi connectivity index (χ1n) is 11.6. The molecule has 3 aromatic rings. The fourth-order valence-corrected chi connectivity index (χ4v) is 5.23. The molecule has 1 unspecified atom stereocenters. The summed E-state index contributed by atoms with van der Waals surface area (Å²) in [5.74, 6) is 1.83. The van der Waals surface area contributed by atoms with Crippen molar-refractivity contribution in [3.05, 3.63) is 94.5 Å². The van der Waals surface area contributed by atoms with Gasteiger partial charge in [0.05, 0.1) is 7.11 Å². The molecule has 0 saturated carbocycles. The lowest BCUT2D eigenvalue weighted by Crippen LogP contribution is -2.42. The summed E-state index contributed by atoms with van der Waals surface area (Å²) in [5, 5.41) is 2.91. The molecule has 0 radical (unpaired) electrons. The normalized spacial score (nSPS) is 11.7. The van der Waals surface area contributed by atoms with Gasteiger partial charge in [0, 0.05) is 17.1 Å². The van der Waals surface area contributed by atoms with Gasteiger partial charge in [-0.25, -0.2) is 4.79 Å². The van der Waals surface area contributed by atoms with Crippen molar-refractivity contribution in [3.8, 4) is 11.1 Å². The molecular weight excluding hydrogens is 474 g/mol. The van der Waals surface area contributed by atoms with E-state index >= 15 is 0 Å². The van der Waals surface area contributed by atoms with Gasteiger partial charge < -0.3 is 10.1 Å². The molecule has 0 aliphatic rings. The number of carbonyl (C=O) groups is 2. The number of nitrogens with one attached hydrogen (secondary N) is 1. The van der Waals surface area contributed by atoms with Gasteiger partial charge in [0.1, 0.15) is 6.04 Å². The lowest BCUT2D eigenvalue weighted by atomic mass is 9.94. The van der Waals surface area contributed by atoms with Gasteiger partial charge in [0.2, 0.25) is 0 Å². The van der Waals surface area contributed by atoms with Crippen LogP contribution < -0.4 is 5.32 Å². The lowest BCUT2D eigenvalue weighted by molar-refractivity contribution is -0.142. The minimum atomic E-state index is -0.672. The molecule has 0 aliphatic heterocycles. The van der Waals surface area contributed by atoms with Crippen molar-refractivity contribution in [1.29, 1.82) is 0 Å². The molecule has 0 bridgehead atoms. The van der Waals surface area contributed by atoms with Crippen molar-refractivity contribution < 1.29 is 14.3 Å². The Balaban J connectivity index is 1.84. The fraction of sp³-hybridized carbons (Fsp3) is 0.310. The first-order chi connectivity index (χ1) is 16.9. The van der Waals surface area contributed by atoms with E-state index in [0.717, 1.165) is 39.5 Å². The number of amides is 1. The highest BCUT2D eigenvalue weighted by Crippen LogP contribution is 2.30. The van der Waals surface area contributed by atoms with Gasteiger partial charge in [-0.2, -0.15) is 23.5 Å². The molecule has 0 aliphatic carbocycles. The second-order valence-electron chi connectivity index (χ2n) is 8.50. The quantitative estimate of drug-likeness (QED) is 0.303. The molecule has 3 aromatic carbocycles. The maximum Gasteiger partial charge on any atom is 0.328 e. The summed E-state index contributed by atoms with van der Waals surface area (Å²) < 4.78 is 4.92. The van der Waals surface area contributed by atoms with E-state index in [-0.39, 0.29) is 5.91 Å². The van der Waals surface area contributed by atoms with Crippen molar-refractivity contribution in [2.45, 2.75) is 37.8 Å². The second-order valence-corrected chi connectivity index (χ2v) is 10.5. The highest BCUT2D eigenvalue weighted by molar-refractivity contribution is 7.98. The Morgan fingerprint density at radius 3 is 2.29 bits per heavy atom. The smallest absolute Gasteiger partial charge is 0.328 e. The summed E-state index contributed by atoms with van der Waals surface area (Å²) >= 11 is 3.48. The molecule has 3 rings (SSSR count). The van der Waals surface area contributed by atoms with Crippen LogP contribution in [0.15, 0.2) is 66.7 Å². The van der Waals surface area contributed by atoms with Crippen LogP contribution in [-0.2, 0) is 21.0 Å². The van der Waals surface area contributed by atoms with Gasteiger partial charge in [-0.15, -0.1) is 0 Å². The number of methoxy groups -OCH3 is 1. The van der Waals surface area contributed by atoms with Crippen LogP contribution in [0, 0.1) is 13.8 Å². The van der Waals surface area contributed by atoms with Gasteiger partial charge in [0.25, 0.3) is 5.91 Å². The van der Waals surface area contributed by atoms with Crippen molar-refractivity contribution in [2.24, 2.45) is 0 Å². The molecule has 184 valence electrons. The monoisotopic (exact) mass is 507 g/mol. The van der Waals surface area contributed by atoms with Crippen LogP contribution in [0.5, 0.6) is 0 Å². The van der Waals surface area contributed by atoms with Crippen molar-refractivity contribution >= 4 is 35.4 Å². The maximum absolute atomic E-state index is 13.4. The van der Waals surface area contributed by atoms with Crippen LogP contribution in [0.3, 0.4) is 0 Å². The number of hydrogen-bond donors (Lipinski definition) is 1. The predicted octanol–water partition coefficient (Wildman–Crippen LogP) is 6.43. The maximum atomic E-state index is 13.4. The third-order valence-corrected chi connectivity index (χ3v) is 7.54. The van der Waals surface area contributed by atoms with Gasteiger partial charge >= 0.3 is 5.97 Å². The summed E-state index contributed by atoms with van der Waals surface area (Å²) in [7, 11) is 1.35. The predicted molar refractivity (Wildman–Crippen MR) is 149 cm³/mol. The lowest BCUT2D eigenvalue weighted by Gasteiger charge is -2.19. The largest absolute Gasteiger partial charge is 0.467 e. The molecule has 0 saturated heterocycles. The summed E-state index contributed by atoms with van der Waals surface area (Å²) in [4.78, 5) is 25.6. The Hall–Kier alpha value is -2.70. The minimum Gasteiger partial charge on any atom is -0.467 e.